The Morgan fingerprint density at radius 1 is 1.50 bits per heavy atom. The van der Waals surface area contributed by atoms with Crippen molar-refractivity contribution in [3.05, 3.63) is 45.6 Å². The van der Waals surface area contributed by atoms with E-state index in [0.717, 1.165) is 0 Å². The lowest BCUT2D eigenvalue weighted by Gasteiger charge is -1.97. The zero-order valence-electron chi connectivity index (χ0n) is 8.31. The molecule has 0 amide bonds. The van der Waals surface area contributed by atoms with Crippen molar-refractivity contribution in [2.45, 2.75) is 6.42 Å². The van der Waals surface area contributed by atoms with Crippen LogP contribution in [0.15, 0.2) is 23.3 Å². The summed E-state index contributed by atoms with van der Waals surface area (Å²) in [6, 6.07) is 6.28. The second kappa shape index (κ2) is 6.08. The largest absolute Gasteiger partial charge is 0.207 e. The van der Waals surface area contributed by atoms with Gasteiger partial charge in [-0.05, 0) is 17.7 Å². The lowest BCUT2D eigenvalue weighted by atomic mass is 10.1. The molecule has 0 radical (unpaired) electrons. The second-order valence-corrected chi connectivity index (χ2v) is 2.83. The standard InChI is InChI=1S/C11H7FN4/c12-11-8-9(2-1-7-15-16-14)3-4-10(11)5-6-13/h3-4,8H,5,7H2. The molecule has 0 saturated heterocycles. The summed E-state index contributed by atoms with van der Waals surface area (Å²) in [5.41, 5.74) is 8.85. The summed E-state index contributed by atoms with van der Waals surface area (Å²) < 4.78 is 13.3. The predicted molar refractivity (Wildman–Crippen MR) is 56.6 cm³/mol. The minimum Gasteiger partial charge on any atom is -0.207 e. The predicted octanol–water partition coefficient (Wildman–Crippen LogP) is 2.55. The van der Waals surface area contributed by atoms with E-state index in [0.29, 0.717) is 11.1 Å². The Labute approximate surface area is 91.9 Å². The van der Waals surface area contributed by atoms with Crippen molar-refractivity contribution in [2.75, 3.05) is 6.54 Å². The molecule has 0 heterocycles. The van der Waals surface area contributed by atoms with Crippen molar-refractivity contribution in [3.8, 4) is 17.9 Å². The Morgan fingerprint density at radius 2 is 2.31 bits per heavy atom. The van der Waals surface area contributed by atoms with Gasteiger partial charge < -0.3 is 0 Å². The zero-order valence-corrected chi connectivity index (χ0v) is 8.31. The van der Waals surface area contributed by atoms with Crippen molar-refractivity contribution in [3.63, 3.8) is 0 Å². The van der Waals surface area contributed by atoms with Crippen LogP contribution < -0.4 is 0 Å². The highest BCUT2D eigenvalue weighted by Crippen LogP contribution is 2.10. The molecule has 0 aromatic heterocycles. The minimum absolute atomic E-state index is 0.0399. The molecule has 0 unspecified atom stereocenters. The molecule has 0 spiro atoms. The van der Waals surface area contributed by atoms with E-state index in [4.69, 9.17) is 10.8 Å². The molecular formula is C11H7FN4. The molecule has 5 heteroatoms. The summed E-state index contributed by atoms with van der Waals surface area (Å²) in [5.74, 6) is 4.78. The van der Waals surface area contributed by atoms with Gasteiger partial charge in [0.25, 0.3) is 0 Å². The molecule has 4 nitrogen and oxygen atoms in total. The van der Waals surface area contributed by atoms with Crippen LogP contribution in [-0.4, -0.2) is 6.54 Å². The number of azide groups is 1. The van der Waals surface area contributed by atoms with E-state index in [-0.39, 0.29) is 13.0 Å². The highest BCUT2D eigenvalue weighted by molar-refractivity contribution is 5.37. The number of nitriles is 1. The maximum Gasteiger partial charge on any atom is 0.128 e. The van der Waals surface area contributed by atoms with Gasteiger partial charge in [0.15, 0.2) is 0 Å². The molecule has 0 aliphatic heterocycles. The summed E-state index contributed by atoms with van der Waals surface area (Å²) in [5, 5.41) is 11.6. The summed E-state index contributed by atoms with van der Waals surface area (Å²) in [6.45, 7) is 0.0536. The first-order valence-corrected chi connectivity index (χ1v) is 4.43. The lowest BCUT2D eigenvalue weighted by molar-refractivity contribution is 0.615. The molecule has 0 bridgehead atoms. The van der Waals surface area contributed by atoms with Gasteiger partial charge in [0.2, 0.25) is 0 Å². The third-order valence-corrected chi connectivity index (χ3v) is 1.77. The number of rotatable bonds is 2. The number of halogens is 1. The maximum absolute atomic E-state index is 13.3. The van der Waals surface area contributed by atoms with Crippen molar-refractivity contribution >= 4 is 0 Å². The first-order chi connectivity index (χ1) is 7.77. The van der Waals surface area contributed by atoms with Crippen LogP contribution in [0.2, 0.25) is 0 Å². The lowest BCUT2D eigenvalue weighted by Crippen LogP contribution is -1.89. The van der Waals surface area contributed by atoms with Gasteiger partial charge in [-0.1, -0.05) is 23.0 Å². The van der Waals surface area contributed by atoms with Crippen molar-refractivity contribution in [1.82, 2.24) is 0 Å². The fourth-order valence-electron chi connectivity index (χ4n) is 1.06. The molecule has 0 N–H and O–H groups in total. The summed E-state index contributed by atoms with van der Waals surface area (Å²) in [7, 11) is 0. The number of benzene rings is 1. The fourth-order valence-corrected chi connectivity index (χ4v) is 1.06. The average molecular weight is 214 g/mol. The van der Waals surface area contributed by atoms with Gasteiger partial charge in [0.05, 0.1) is 19.0 Å². The van der Waals surface area contributed by atoms with Crippen LogP contribution in [0.1, 0.15) is 11.1 Å². The van der Waals surface area contributed by atoms with E-state index in [1.165, 1.54) is 12.1 Å². The quantitative estimate of drug-likeness (QED) is 0.322. The SMILES string of the molecule is N#CCc1ccc(C#CCN=[N+]=[N-])cc1F. The molecule has 0 aliphatic carbocycles. The smallest absolute Gasteiger partial charge is 0.128 e. The van der Waals surface area contributed by atoms with E-state index in [2.05, 4.69) is 21.9 Å². The molecule has 1 aromatic carbocycles. The van der Waals surface area contributed by atoms with Gasteiger partial charge in [0.1, 0.15) is 5.82 Å². The van der Waals surface area contributed by atoms with Crippen LogP contribution in [-0.2, 0) is 6.42 Å². The van der Waals surface area contributed by atoms with Crippen LogP contribution in [0.5, 0.6) is 0 Å². The van der Waals surface area contributed by atoms with Crippen LogP contribution >= 0.6 is 0 Å². The molecule has 1 rings (SSSR count). The third kappa shape index (κ3) is 3.34. The van der Waals surface area contributed by atoms with E-state index in [9.17, 15) is 4.39 Å². The van der Waals surface area contributed by atoms with Gasteiger partial charge in [-0.2, -0.15) is 5.26 Å². The Balaban J connectivity index is 2.84. The summed E-state index contributed by atoms with van der Waals surface area (Å²) in [6.07, 6.45) is 0.0399. The molecule has 0 atom stereocenters. The van der Waals surface area contributed by atoms with E-state index in [1.807, 2.05) is 6.07 Å². The van der Waals surface area contributed by atoms with Gasteiger partial charge in [0, 0.05) is 16.0 Å². The highest BCUT2D eigenvalue weighted by atomic mass is 19.1. The van der Waals surface area contributed by atoms with E-state index in [1.54, 1.807) is 6.07 Å². The molecule has 1 aromatic rings. The number of hydrogen-bond donors (Lipinski definition) is 0. The van der Waals surface area contributed by atoms with E-state index < -0.39 is 5.82 Å². The maximum atomic E-state index is 13.3. The number of nitrogens with zero attached hydrogens (tertiary/aromatic N) is 4. The molecule has 0 saturated carbocycles. The highest BCUT2D eigenvalue weighted by Gasteiger charge is 2.01. The van der Waals surface area contributed by atoms with Crippen LogP contribution in [0.3, 0.4) is 0 Å². The number of hydrogen-bond acceptors (Lipinski definition) is 2. The monoisotopic (exact) mass is 214 g/mol. The van der Waals surface area contributed by atoms with Crippen LogP contribution in [0, 0.1) is 29.0 Å². The minimum atomic E-state index is -0.447. The first kappa shape index (κ1) is 11.6. The fraction of sp³-hybridized carbons (Fsp3) is 0.182. The molecule has 78 valence electrons. The van der Waals surface area contributed by atoms with Gasteiger partial charge in [-0.3, -0.25) is 0 Å². The van der Waals surface area contributed by atoms with Crippen molar-refractivity contribution < 1.29 is 4.39 Å². The average Bonchev–Trinajstić information content (AvgIpc) is 2.28. The zero-order chi connectivity index (χ0) is 11.8. The van der Waals surface area contributed by atoms with E-state index >= 15 is 0 Å². The Morgan fingerprint density at radius 3 is 2.94 bits per heavy atom. The molecule has 16 heavy (non-hydrogen) atoms. The second-order valence-electron chi connectivity index (χ2n) is 2.83. The molecule has 0 aliphatic rings. The molecular weight excluding hydrogens is 207 g/mol. The Bertz CT molecular complexity index is 527. The Kier molecular flexibility index (Phi) is 4.40. The first-order valence-electron chi connectivity index (χ1n) is 4.43. The van der Waals surface area contributed by atoms with Crippen LogP contribution in [0.4, 0.5) is 4.39 Å². The Hall–Kier alpha value is -2.49. The third-order valence-electron chi connectivity index (χ3n) is 1.77. The van der Waals surface area contributed by atoms with Crippen LogP contribution in [0.25, 0.3) is 10.4 Å². The van der Waals surface area contributed by atoms with Crippen molar-refractivity contribution in [1.29, 1.82) is 5.26 Å². The van der Waals surface area contributed by atoms with Gasteiger partial charge in [-0.15, -0.1) is 0 Å². The van der Waals surface area contributed by atoms with Gasteiger partial charge in [-0.25, -0.2) is 4.39 Å². The summed E-state index contributed by atoms with van der Waals surface area (Å²) in [4.78, 5) is 2.54. The molecule has 0 fully saturated rings. The van der Waals surface area contributed by atoms with Crippen molar-refractivity contribution in [2.24, 2.45) is 5.11 Å². The normalized spacial score (nSPS) is 8.25. The summed E-state index contributed by atoms with van der Waals surface area (Å²) >= 11 is 0. The van der Waals surface area contributed by atoms with Gasteiger partial charge >= 0.3 is 0 Å². The topological polar surface area (TPSA) is 72.5 Å².